The molecule has 1 fully saturated rings. The van der Waals surface area contributed by atoms with Gasteiger partial charge in [0.05, 0.1) is 20.3 Å². The van der Waals surface area contributed by atoms with Gasteiger partial charge in [0, 0.05) is 48.7 Å². The Bertz CT molecular complexity index is 824. The number of allylic oxidation sites excluding steroid dienone is 2. The van der Waals surface area contributed by atoms with Gasteiger partial charge in [-0.05, 0) is 17.9 Å². The van der Waals surface area contributed by atoms with Gasteiger partial charge in [-0.2, -0.15) is 0 Å². The smallest absolute Gasteiger partial charge is 0.242 e. The second kappa shape index (κ2) is 7.33. The Balaban J connectivity index is 1.84. The Morgan fingerprint density at radius 3 is 2.54 bits per heavy atom. The van der Waals surface area contributed by atoms with Crippen molar-refractivity contribution in [1.29, 1.82) is 0 Å². The molecule has 1 aromatic rings. The number of benzene rings is 1. The summed E-state index contributed by atoms with van der Waals surface area (Å²) in [5, 5.41) is 3.84. The normalized spacial score (nSPS) is 25.7. The van der Waals surface area contributed by atoms with Crippen molar-refractivity contribution in [3.63, 3.8) is 0 Å². The number of amides is 1. The van der Waals surface area contributed by atoms with E-state index in [0.29, 0.717) is 39.1 Å². The molecular weight excluding hydrogens is 356 g/mol. The van der Waals surface area contributed by atoms with Gasteiger partial charge in [-0.15, -0.1) is 0 Å². The van der Waals surface area contributed by atoms with Crippen molar-refractivity contribution in [3.8, 4) is 5.75 Å². The third kappa shape index (κ3) is 3.35. The van der Waals surface area contributed by atoms with Crippen molar-refractivity contribution in [2.75, 3.05) is 33.4 Å². The molecule has 4 rings (SSSR count). The zero-order valence-electron chi connectivity index (χ0n) is 16.9. The van der Waals surface area contributed by atoms with Crippen LogP contribution in [0.4, 0.5) is 0 Å². The Kier molecular flexibility index (Phi) is 5.02. The van der Waals surface area contributed by atoms with Gasteiger partial charge in [0.15, 0.2) is 5.78 Å². The van der Waals surface area contributed by atoms with Crippen LogP contribution in [-0.4, -0.2) is 55.1 Å². The molecule has 1 aromatic carbocycles. The Hall–Kier alpha value is -2.18. The predicted octanol–water partition coefficient (Wildman–Crippen LogP) is 2.90. The summed E-state index contributed by atoms with van der Waals surface area (Å²) in [5.41, 5.74) is 2.41. The zero-order chi connectivity index (χ0) is 19.9. The number of rotatable bonds is 3. The van der Waals surface area contributed by atoms with Gasteiger partial charge in [0.2, 0.25) is 5.91 Å². The highest BCUT2D eigenvalue weighted by Gasteiger charge is 2.46. The highest BCUT2D eigenvalue weighted by Crippen LogP contribution is 2.48. The predicted molar refractivity (Wildman–Crippen MR) is 105 cm³/mol. The summed E-state index contributed by atoms with van der Waals surface area (Å²) < 4.78 is 11.0. The van der Waals surface area contributed by atoms with E-state index >= 15 is 0 Å². The lowest BCUT2D eigenvalue weighted by atomic mass is 9.69. The molecule has 150 valence electrons. The lowest BCUT2D eigenvalue weighted by molar-refractivity contribution is -0.154. The van der Waals surface area contributed by atoms with Crippen LogP contribution in [-0.2, 0) is 14.3 Å². The maximum Gasteiger partial charge on any atom is 0.242 e. The number of carbonyl (C=O) groups is 2. The van der Waals surface area contributed by atoms with E-state index in [2.05, 4.69) is 13.8 Å². The minimum Gasteiger partial charge on any atom is -0.496 e. The molecule has 0 N–H and O–H groups in total. The number of ketones is 1. The third-order valence-electron chi connectivity index (χ3n) is 5.90. The Labute approximate surface area is 166 Å². The van der Waals surface area contributed by atoms with E-state index in [9.17, 15) is 9.59 Å². The van der Waals surface area contributed by atoms with E-state index < -0.39 is 0 Å². The molecule has 0 aromatic heterocycles. The number of para-hydroxylation sites is 1. The second-order valence-electron chi connectivity index (χ2n) is 8.57. The summed E-state index contributed by atoms with van der Waals surface area (Å²) in [4.78, 5) is 26.6. The summed E-state index contributed by atoms with van der Waals surface area (Å²) in [7, 11) is 1.63. The number of hydrazine groups is 1. The van der Waals surface area contributed by atoms with Crippen LogP contribution in [0.2, 0.25) is 0 Å². The molecule has 6 heteroatoms. The van der Waals surface area contributed by atoms with E-state index in [-0.39, 0.29) is 29.4 Å². The largest absolute Gasteiger partial charge is 0.496 e. The number of carbonyl (C=O) groups excluding carboxylic acids is 2. The average Bonchev–Trinajstić information content (AvgIpc) is 2.67. The molecular formula is C22H28N2O4. The third-order valence-corrected chi connectivity index (χ3v) is 5.90. The van der Waals surface area contributed by atoms with Crippen LogP contribution in [0.25, 0.3) is 0 Å². The fourth-order valence-corrected chi connectivity index (χ4v) is 4.70. The molecule has 1 unspecified atom stereocenters. The highest BCUT2D eigenvalue weighted by molar-refractivity contribution is 6.02. The van der Waals surface area contributed by atoms with E-state index in [1.165, 1.54) is 0 Å². The first kappa shape index (κ1) is 19.2. The number of ether oxygens (including phenoxy) is 2. The molecule has 3 aliphatic rings. The van der Waals surface area contributed by atoms with Crippen molar-refractivity contribution < 1.29 is 19.1 Å². The molecule has 2 aliphatic heterocycles. The zero-order valence-corrected chi connectivity index (χ0v) is 16.9. The van der Waals surface area contributed by atoms with E-state index in [0.717, 1.165) is 22.6 Å². The SMILES string of the molecule is COc1ccccc1C1CC(=O)N(N2CCOCC2)C2=C1C(=O)CC(C)(C)C2. The molecule has 28 heavy (non-hydrogen) atoms. The van der Waals surface area contributed by atoms with Gasteiger partial charge in [-0.25, -0.2) is 10.0 Å². The van der Waals surface area contributed by atoms with Crippen molar-refractivity contribution in [1.82, 2.24) is 10.0 Å². The molecule has 2 heterocycles. The van der Waals surface area contributed by atoms with Crippen LogP contribution in [0.5, 0.6) is 5.75 Å². The summed E-state index contributed by atoms with van der Waals surface area (Å²) in [5.74, 6) is 0.666. The highest BCUT2D eigenvalue weighted by atomic mass is 16.5. The number of methoxy groups -OCH3 is 1. The molecule has 0 radical (unpaired) electrons. The number of hydrogen-bond acceptors (Lipinski definition) is 5. The van der Waals surface area contributed by atoms with Crippen molar-refractivity contribution in [2.24, 2.45) is 5.41 Å². The standard InChI is InChI=1S/C22H28N2O4/c1-22(2)13-17-21(18(25)14-22)16(15-6-4-5-7-19(15)27-3)12-20(26)24(17)23-8-10-28-11-9-23/h4-7,16H,8-14H2,1-3H3. The Morgan fingerprint density at radius 2 is 1.82 bits per heavy atom. The molecule has 6 nitrogen and oxygen atoms in total. The fraction of sp³-hybridized carbons (Fsp3) is 0.545. The molecule has 0 spiro atoms. The number of Topliss-reactive ketones (excluding diaryl/α,β-unsaturated/α-hetero) is 1. The number of nitrogens with zero attached hydrogens (tertiary/aromatic N) is 2. The quantitative estimate of drug-likeness (QED) is 0.802. The Morgan fingerprint density at radius 1 is 1.11 bits per heavy atom. The topological polar surface area (TPSA) is 59.1 Å². The van der Waals surface area contributed by atoms with Crippen molar-refractivity contribution in [2.45, 2.75) is 39.0 Å². The summed E-state index contributed by atoms with van der Waals surface area (Å²) >= 11 is 0. The lowest BCUT2D eigenvalue weighted by Gasteiger charge is -2.47. The van der Waals surface area contributed by atoms with Gasteiger partial charge in [-0.1, -0.05) is 32.0 Å². The maximum atomic E-state index is 13.3. The minimum atomic E-state index is -0.250. The van der Waals surface area contributed by atoms with Crippen LogP contribution < -0.4 is 4.74 Å². The maximum absolute atomic E-state index is 13.3. The molecule has 1 saturated heterocycles. The lowest BCUT2D eigenvalue weighted by Crippen LogP contribution is -2.55. The van der Waals surface area contributed by atoms with Crippen LogP contribution in [0.3, 0.4) is 0 Å². The van der Waals surface area contributed by atoms with Crippen LogP contribution in [0, 0.1) is 5.41 Å². The summed E-state index contributed by atoms with van der Waals surface area (Å²) in [6, 6.07) is 7.71. The van der Waals surface area contributed by atoms with Crippen molar-refractivity contribution in [3.05, 3.63) is 41.1 Å². The van der Waals surface area contributed by atoms with Crippen molar-refractivity contribution >= 4 is 11.7 Å². The van der Waals surface area contributed by atoms with Gasteiger partial charge >= 0.3 is 0 Å². The van der Waals surface area contributed by atoms with E-state index in [4.69, 9.17) is 9.47 Å². The second-order valence-corrected chi connectivity index (χ2v) is 8.57. The van der Waals surface area contributed by atoms with E-state index in [1.807, 2.05) is 29.3 Å². The molecule has 1 amide bonds. The monoisotopic (exact) mass is 384 g/mol. The van der Waals surface area contributed by atoms with Gasteiger partial charge in [0.1, 0.15) is 5.75 Å². The first-order valence-electron chi connectivity index (χ1n) is 9.96. The van der Waals surface area contributed by atoms with Crippen LogP contribution >= 0.6 is 0 Å². The van der Waals surface area contributed by atoms with Crippen LogP contribution in [0.15, 0.2) is 35.5 Å². The van der Waals surface area contributed by atoms with Gasteiger partial charge in [-0.3, -0.25) is 9.59 Å². The number of morpholine rings is 1. The molecule has 1 atom stereocenters. The average molecular weight is 384 g/mol. The molecule has 0 bridgehead atoms. The first-order chi connectivity index (χ1) is 13.4. The van der Waals surface area contributed by atoms with Crippen LogP contribution in [0.1, 0.15) is 44.6 Å². The molecule has 0 saturated carbocycles. The minimum absolute atomic E-state index is 0.0436. The van der Waals surface area contributed by atoms with E-state index in [1.54, 1.807) is 12.1 Å². The fourth-order valence-electron chi connectivity index (χ4n) is 4.70. The summed E-state index contributed by atoms with van der Waals surface area (Å²) in [6.45, 7) is 6.72. The first-order valence-corrected chi connectivity index (χ1v) is 9.96. The molecule has 1 aliphatic carbocycles. The summed E-state index contributed by atoms with van der Waals surface area (Å²) in [6.07, 6.45) is 1.49. The number of hydrogen-bond donors (Lipinski definition) is 0. The van der Waals surface area contributed by atoms with Gasteiger partial charge < -0.3 is 9.47 Å². The van der Waals surface area contributed by atoms with Gasteiger partial charge in [0.25, 0.3) is 0 Å².